The van der Waals surface area contributed by atoms with Gasteiger partial charge in [-0.3, -0.25) is 0 Å². The quantitative estimate of drug-likeness (QED) is 0.882. The zero-order valence-electron chi connectivity index (χ0n) is 9.18. The van der Waals surface area contributed by atoms with Gasteiger partial charge in [0.15, 0.2) is 5.58 Å². The first-order valence-corrected chi connectivity index (χ1v) is 5.97. The van der Waals surface area contributed by atoms with Crippen molar-refractivity contribution in [1.29, 1.82) is 0 Å². The molecule has 0 bridgehead atoms. The Hall–Kier alpha value is -0.700. The monoisotopic (exact) mass is 257 g/mol. The number of hydrogen-bond acceptors (Lipinski definition) is 2. The van der Waals surface area contributed by atoms with Gasteiger partial charge in [0, 0.05) is 5.39 Å². The second-order valence-electron chi connectivity index (χ2n) is 3.68. The molecule has 0 spiro atoms. The van der Waals surface area contributed by atoms with E-state index in [1.54, 1.807) is 6.07 Å². The lowest BCUT2D eigenvalue weighted by molar-refractivity contribution is 0.444. The highest BCUT2D eigenvalue weighted by atomic mass is 35.5. The van der Waals surface area contributed by atoms with Gasteiger partial charge in [0.25, 0.3) is 0 Å². The van der Waals surface area contributed by atoms with Crippen LogP contribution in [0.1, 0.15) is 25.1 Å². The molecule has 0 aliphatic rings. The fraction of sp³-hybridized carbons (Fsp3) is 0.333. The van der Waals surface area contributed by atoms with Crippen LogP contribution in [0.3, 0.4) is 0 Å². The van der Waals surface area contributed by atoms with Crippen LogP contribution in [0.4, 0.5) is 0 Å². The third kappa shape index (κ3) is 1.93. The molecule has 1 atom stereocenters. The van der Waals surface area contributed by atoms with Crippen LogP contribution in [0.5, 0.6) is 0 Å². The number of furan rings is 1. The largest absolute Gasteiger partial charge is 0.458 e. The van der Waals surface area contributed by atoms with Crippen LogP contribution in [0, 0.1) is 0 Å². The van der Waals surface area contributed by atoms with Crippen LogP contribution < -0.4 is 5.32 Å². The minimum atomic E-state index is 0.210. The molecule has 0 amide bonds. The van der Waals surface area contributed by atoms with E-state index < -0.39 is 0 Å². The molecule has 1 unspecified atom stereocenters. The summed E-state index contributed by atoms with van der Waals surface area (Å²) >= 11 is 12.0. The van der Waals surface area contributed by atoms with E-state index >= 15 is 0 Å². The van der Waals surface area contributed by atoms with E-state index in [0.717, 1.165) is 17.6 Å². The molecule has 1 heterocycles. The first kappa shape index (κ1) is 11.8. The molecule has 16 heavy (non-hydrogen) atoms. The van der Waals surface area contributed by atoms with Crippen molar-refractivity contribution >= 4 is 34.2 Å². The summed E-state index contributed by atoms with van der Waals surface area (Å²) in [5, 5.41) is 5.18. The van der Waals surface area contributed by atoms with Gasteiger partial charge >= 0.3 is 0 Å². The smallest absolute Gasteiger partial charge is 0.154 e. The van der Waals surface area contributed by atoms with Crippen LogP contribution in [0.25, 0.3) is 11.0 Å². The molecule has 0 fully saturated rings. The Morgan fingerprint density at radius 1 is 1.38 bits per heavy atom. The second kappa shape index (κ2) is 4.66. The van der Waals surface area contributed by atoms with E-state index in [-0.39, 0.29) is 6.04 Å². The summed E-state index contributed by atoms with van der Waals surface area (Å²) in [4.78, 5) is 0. The fourth-order valence-corrected chi connectivity index (χ4v) is 2.14. The molecule has 2 nitrogen and oxygen atoms in total. The Balaban J connectivity index is 2.55. The predicted octanol–water partition coefficient (Wildman–Crippen LogP) is 4.41. The standard InChI is InChI=1S/C12H13Cl2NO/c1-3-9(15-2)10-6-7-4-5-8(13)11(14)12(7)16-10/h4-6,9,15H,3H2,1-2H3. The third-order valence-electron chi connectivity index (χ3n) is 2.70. The van der Waals surface area contributed by atoms with Crippen LogP contribution in [-0.2, 0) is 0 Å². The molecule has 2 rings (SSSR count). The Morgan fingerprint density at radius 2 is 2.12 bits per heavy atom. The maximum Gasteiger partial charge on any atom is 0.154 e. The minimum Gasteiger partial charge on any atom is -0.458 e. The first-order valence-electron chi connectivity index (χ1n) is 5.22. The lowest BCUT2D eigenvalue weighted by Gasteiger charge is -2.09. The number of benzene rings is 1. The predicted molar refractivity (Wildman–Crippen MR) is 68.3 cm³/mol. The van der Waals surface area contributed by atoms with Gasteiger partial charge < -0.3 is 9.73 Å². The van der Waals surface area contributed by atoms with Gasteiger partial charge in [0.1, 0.15) is 10.8 Å². The second-order valence-corrected chi connectivity index (χ2v) is 4.46. The van der Waals surface area contributed by atoms with Crippen molar-refractivity contribution in [2.24, 2.45) is 0 Å². The van der Waals surface area contributed by atoms with Gasteiger partial charge in [-0.1, -0.05) is 30.1 Å². The summed E-state index contributed by atoms with van der Waals surface area (Å²) in [5.41, 5.74) is 0.665. The van der Waals surface area contributed by atoms with Crippen LogP contribution in [-0.4, -0.2) is 7.05 Å². The van der Waals surface area contributed by atoms with Crippen molar-refractivity contribution in [1.82, 2.24) is 5.32 Å². The normalized spacial score (nSPS) is 13.2. The van der Waals surface area contributed by atoms with Gasteiger partial charge in [0.05, 0.1) is 11.1 Å². The van der Waals surface area contributed by atoms with Crippen molar-refractivity contribution in [2.75, 3.05) is 7.05 Å². The minimum absolute atomic E-state index is 0.210. The topological polar surface area (TPSA) is 25.2 Å². The molecule has 1 N–H and O–H groups in total. The molecule has 0 aliphatic carbocycles. The lowest BCUT2D eigenvalue weighted by Crippen LogP contribution is -2.14. The fourth-order valence-electron chi connectivity index (χ4n) is 1.78. The van der Waals surface area contributed by atoms with E-state index in [2.05, 4.69) is 12.2 Å². The van der Waals surface area contributed by atoms with Crippen molar-refractivity contribution < 1.29 is 4.42 Å². The van der Waals surface area contributed by atoms with E-state index in [1.165, 1.54) is 0 Å². The molecule has 0 radical (unpaired) electrons. The van der Waals surface area contributed by atoms with Gasteiger partial charge in [-0.2, -0.15) is 0 Å². The molecular formula is C12H13Cl2NO. The average Bonchev–Trinajstić information content (AvgIpc) is 2.70. The number of rotatable bonds is 3. The molecule has 2 aromatic rings. The molecule has 86 valence electrons. The Bertz CT molecular complexity index is 503. The van der Waals surface area contributed by atoms with Crippen LogP contribution in [0.2, 0.25) is 10.0 Å². The van der Waals surface area contributed by atoms with Gasteiger partial charge in [0.2, 0.25) is 0 Å². The number of halogens is 2. The zero-order valence-corrected chi connectivity index (χ0v) is 10.7. The Labute approximate surface area is 105 Å². The molecule has 1 aromatic carbocycles. The lowest BCUT2D eigenvalue weighted by atomic mass is 10.1. The third-order valence-corrected chi connectivity index (χ3v) is 3.49. The summed E-state index contributed by atoms with van der Waals surface area (Å²) < 4.78 is 5.74. The molecule has 1 aromatic heterocycles. The maximum atomic E-state index is 6.08. The Morgan fingerprint density at radius 3 is 2.75 bits per heavy atom. The highest BCUT2D eigenvalue weighted by Crippen LogP contribution is 2.34. The average molecular weight is 258 g/mol. The van der Waals surface area contributed by atoms with E-state index in [0.29, 0.717) is 15.6 Å². The highest BCUT2D eigenvalue weighted by Gasteiger charge is 2.15. The maximum absolute atomic E-state index is 6.08. The zero-order chi connectivity index (χ0) is 11.7. The van der Waals surface area contributed by atoms with Gasteiger partial charge in [-0.05, 0) is 31.7 Å². The summed E-state index contributed by atoms with van der Waals surface area (Å²) in [5.74, 6) is 0.893. The Kier molecular flexibility index (Phi) is 3.43. The van der Waals surface area contributed by atoms with Crippen molar-refractivity contribution in [3.8, 4) is 0 Å². The highest BCUT2D eigenvalue weighted by molar-refractivity contribution is 6.44. The summed E-state index contributed by atoms with van der Waals surface area (Å²) in [6.45, 7) is 2.10. The van der Waals surface area contributed by atoms with Crippen molar-refractivity contribution in [3.63, 3.8) is 0 Å². The molecule has 4 heteroatoms. The van der Waals surface area contributed by atoms with E-state index in [1.807, 2.05) is 19.2 Å². The molecule has 0 aliphatic heterocycles. The molecular weight excluding hydrogens is 245 g/mol. The van der Waals surface area contributed by atoms with E-state index in [4.69, 9.17) is 27.6 Å². The summed E-state index contributed by atoms with van der Waals surface area (Å²) in [6, 6.07) is 5.91. The summed E-state index contributed by atoms with van der Waals surface area (Å²) in [7, 11) is 1.91. The van der Waals surface area contributed by atoms with Crippen LogP contribution in [0.15, 0.2) is 22.6 Å². The van der Waals surface area contributed by atoms with Crippen molar-refractivity contribution in [3.05, 3.63) is 34.0 Å². The molecule has 0 saturated heterocycles. The number of fused-ring (bicyclic) bond motifs is 1. The first-order chi connectivity index (χ1) is 7.67. The molecule has 0 saturated carbocycles. The van der Waals surface area contributed by atoms with Crippen LogP contribution >= 0.6 is 23.2 Å². The van der Waals surface area contributed by atoms with Gasteiger partial charge in [-0.25, -0.2) is 0 Å². The van der Waals surface area contributed by atoms with E-state index in [9.17, 15) is 0 Å². The van der Waals surface area contributed by atoms with Crippen molar-refractivity contribution in [2.45, 2.75) is 19.4 Å². The summed E-state index contributed by atoms with van der Waals surface area (Å²) in [6.07, 6.45) is 0.960. The SMILES string of the molecule is CCC(NC)c1cc2ccc(Cl)c(Cl)c2o1. The van der Waals surface area contributed by atoms with Gasteiger partial charge in [-0.15, -0.1) is 0 Å². The number of nitrogens with one attached hydrogen (secondary N) is 1. The number of hydrogen-bond donors (Lipinski definition) is 1.